The summed E-state index contributed by atoms with van der Waals surface area (Å²) in [5.41, 5.74) is 3.94. The van der Waals surface area contributed by atoms with Crippen molar-refractivity contribution in [3.8, 4) is 18.1 Å². The second-order valence-corrected chi connectivity index (χ2v) is 6.19. The van der Waals surface area contributed by atoms with Crippen LogP contribution in [0.2, 0.25) is 0 Å². The van der Waals surface area contributed by atoms with Crippen molar-refractivity contribution in [3.63, 3.8) is 0 Å². The summed E-state index contributed by atoms with van der Waals surface area (Å²) in [4.78, 5) is 12.1. The van der Waals surface area contributed by atoms with Gasteiger partial charge in [0.25, 0.3) is 0 Å². The molecule has 0 fully saturated rings. The van der Waals surface area contributed by atoms with Gasteiger partial charge in [-0.05, 0) is 58.5 Å². The number of rotatable bonds is 5. The van der Waals surface area contributed by atoms with E-state index in [-0.39, 0.29) is 12.4 Å². The lowest BCUT2D eigenvalue weighted by Crippen LogP contribution is -2.16. The molecule has 2 aromatic carbocycles. The highest BCUT2D eigenvalue weighted by molar-refractivity contribution is 14.1. The van der Waals surface area contributed by atoms with Gasteiger partial charge in [-0.15, -0.1) is 6.42 Å². The molecule has 0 aliphatic carbocycles. The third-order valence-corrected chi connectivity index (χ3v) is 4.14. The van der Waals surface area contributed by atoms with E-state index in [4.69, 9.17) is 15.6 Å². The average Bonchev–Trinajstić information content (AvgIpc) is 3.05. The van der Waals surface area contributed by atoms with Crippen molar-refractivity contribution in [2.45, 2.75) is 0 Å². The van der Waals surface area contributed by atoms with Gasteiger partial charge in [0.1, 0.15) is 17.9 Å². The van der Waals surface area contributed by atoms with Gasteiger partial charge < -0.3 is 9.15 Å². The molecule has 6 heteroatoms. The fraction of sp³-hybridized carbons (Fsp3) is 0.0526. The summed E-state index contributed by atoms with van der Waals surface area (Å²) < 4.78 is 11.8. The molecule has 0 radical (unpaired) electrons. The van der Waals surface area contributed by atoms with Crippen molar-refractivity contribution >= 4 is 45.7 Å². The predicted molar refractivity (Wildman–Crippen MR) is 105 cm³/mol. The molecule has 5 nitrogen and oxygen atoms in total. The number of amides is 1. The summed E-state index contributed by atoms with van der Waals surface area (Å²) in [5, 5.41) is 4.83. The maximum atomic E-state index is 12.1. The van der Waals surface area contributed by atoms with Crippen LogP contribution in [0.4, 0.5) is 0 Å². The topological polar surface area (TPSA) is 63.8 Å². The molecule has 3 rings (SSSR count). The Hall–Kier alpha value is -2.79. The number of para-hydroxylation sites is 1. The van der Waals surface area contributed by atoms with E-state index in [1.807, 2.05) is 36.4 Å². The summed E-state index contributed by atoms with van der Waals surface area (Å²) >= 11 is 2.15. The van der Waals surface area contributed by atoms with Crippen molar-refractivity contribution in [3.05, 3.63) is 63.4 Å². The van der Waals surface area contributed by atoms with E-state index in [2.05, 4.69) is 39.0 Å². The van der Waals surface area contributed by atoms with Crippen molar-refractivity contribution in [1.29, 1.82) is 0 Å². The van der Waals surface area contributed by atoms with E-state index >= 15 is 0 Å². The van der Waals surface area contributed by atoms with E-state index in [0.29, 0.717) is 11.3 Å². The van der Waals surface area contributed by atoms with Gasteiger partial charge in [0, 0.05) is 5.39 Å². The van der Waals surface area contributed by atoms with Crippen molar-refractivity contribution in [2.75, 3.05) is 6.61 Å². The number of terminal acetylenes is 1. The number of carbonyl (C=O) groups excluding carboxylic acids is 1. The van der Waals surface area contributed by atoms with Crippen molar-refractivity contribution in [1.82, 2.24) is 5.43 Å². The number of nitrogens with one attached hydrogen (secondary N) is 1. The smallest absolute Gasteiger partial charge is 0.307 e. The monoisotopic (exact) mass is 444 g/mol. The molecule has 3 aromatic rings. The molecule has 1 amide bonds. The fourth-order valence-corrected chi connectivity index (χ4v) is 2.84. The Bertz CT molecular complexity index is 953. The minimum Gasteiger partial charge on any atom is -0.480 e. The summed E-state index contributed by atoms with van der Waals surface area (Å²) in [6, 6.07) is 14.6. The first kappa shape index (κ1) is 17.0. The van der Waals surface area contributed by atoms with Gasteiger partial charge in [-0.2, -0.15) is 5.10 Å². The van der Waals surface area contributed by atoms with E-state index < -0.39 is 5.91 Å². The molecule has 124 valence electrons. The summed E-state index contributed by atoms with van der Waals surface area (Å²) in [5.74, 6) is 2.94. The normalized spacial score (nSPS) is 10.7. The molecule has 0 aliphatic heterocycles. The van der Waals surface area contributed by atoms with Crippen LogP contribution in [-0.4, -0.2) is 18.7 Å². The van der Waals surface area contributed by atoms with Crippen LogP contribution in [0.15, 0.2) is 58.0 Å². The third kappa shape index (κ3) is 4.19. The van der Waals surface area contributed by atoms with Crippen LogP contribution < -0.4 is 10.2 Å². The van der Waals surface area contributed by atoms with Gasteiger partial charge in [-0.1, -0.05) is 24.1 Å². The number of carbonyl (C=O) groups is 1. The predicted octanol–water partition coefficient (Wildman–Crippen LogP) is 3.81. The molecular formula is C19H13IN2O3. The molecule has 1 aromatic heterocycles. The molecule has 0 saturated carbocycles. The maximum Gasteiger partial charge on any atom is 0.307 e. The lowest BCUT2D eigenvalue weighted by Gasteiger charge is -2.05. The highest BCUT2D eigenvalue weighted by atomic mass is 127. The Morgan fingerprint density at radius 2 is 2.16 bits per heavy atom. The number of hydrogen-bond acceptors (Lipinski definition) is 4. The SMILES string of the molecule is C#CCOc1ccc(/C=N/NC(=O)c2cc3ccccc3o2)cc1I. The Morgan fingerprint density at radius 1 is 1.32 bits per heavy atom. The summed E-state index contributed by atoms with van der Waals surface area (Å²) in [6.45, 7) is 0.219. The third-order valence-electron chi connectivity index (χ3n) is 3.30. The number of hydrogen-bond donors (Lipinski definition) is 1. The molecule has 0 saturated heterocycles. The first-order valence-corrected chi connectivity index (χ1v) is 8.43. The molecular weight excluding hydrogens is 431 g/mol. The van der Waals surface area contributed by atoms with E-state index in [1.54, 1.807) is 18.3 Å². The molecule has 0 bridgehead atoms. The molecule has 1 heterocycles. The minimum absolute atomic E-state index is 0.214. The zero-order chi connectivity index (χ0) is 17.6. The number of fused-ring (bicyclic) bond motifs is 1. The van der Waals surface area contributed by atoms with Crippen LogP contribution in [0.25, 0.3) is 11.0 Å². The molecule has 0 unspecified atom stereocenters. The standard InChI is InChI=1S/C19H13IN2O3/c1-2-9-24-17-8-7-13(10-15(17)20)12-21-22-19(23)18-11-14-5-3-4-6-16(14)25-18/h1,3-8,10-12H,9H2,(H,22,23)/b21-12+. The maximum absolute atomic E-state index is 12.1. The fourth-order valence-electron chi connectivity index (χ4n) is 2.15. The molecule has 25 heavy (non-hydrogen) atoms. The first-order chi connectivity index (χ1) is 12.2. The number of benzene rings is 2. The largest absolute Gasteiger partial charge is 0.480 e. The molecule has 1 N–H and O–H groups in total. The lowest BCUT2D eigenvalue weighted by molar-refractivity contribution is 0.0929. The van der Waals surface area contributed by atoms with Crippen molar-refractivity contribution in [2.24, 2.45) is 5.10 Å². The number of ether oxygens (including phenoxy) is 1. The van der Waals surface area contributed by atoms with Gasteiger partial charge in [0.05, 0.1) is 9.78 Å². The summed E-state index contributed by atoms with van der Waals surface area (Å²) in [6.07, 6.45) is 6.73. The van der Waals surface area contributed by atoms with Crippen molar-refractivity contribution < 1.29 is 13.9 Å². The number of furan rings is 1. The molecule has 0 atom stereocenters. The van der Waals surface area contributed by atoms with E-state index in [9.17, 15) is 4.79 Å². The van der Waals surface area contributed by atoms with Crippen LogP contribution in [0, 0.1) is 15.9 Å². The quantitative estimate of drug-likeness (QED) is 0.282. The van der Waals surface area contributed by atoms with E-state index in [1.165, 1.54) is 0 Å². The second-order valence-electron chi connectivity index (χ2n) is 5.03. The van der Waals surface area contributed by atoms with Crippen LogP contribution in [0.1, 0.15) is 16.1 Å². The Balaban J connectivity index is 1.65. The number of nitrogens with zero attached hydrogens (tertiary/aromatic N) is 1. The van der Waals surface area contributed by atoms with Gasteiger partial charge in [-0.25, -0.2) is 5.43 Å². The number of hydrazone groups is 1. The minimum atomic E-state index is -0.406. The summed E-state index contributed by atoms with van der Waals surface area (Å²) in [7, 11) is 0. The van der Waals surface area contributed by atoms with Crippen LogP contribution in [0.3, 0.4) is 0 Å². The Labute approximate surface area is 158 Å². The molecule has 0 spiro atoms. The highest BCUT2D eigenvalue weighted by Gasteiger charge is 2.10. The van der Waals surface area contributed by atoms with E-state index in [0.717, 1.165) is 14.5 Å². The van der Waals surface area contributed by atoms with Gasteiger partial charge in [0.2, 0.25) is 0 Å². The lowest BCUT2D eigenvalue weighted by atomic mass is 10.2. The average molecular weight is 444 g/mol. The van der Waals surface area contributed by atoms with Crippen LogP contribution in [-0.2, 0) is 0 Å². The van der Waals surface area contributed by atoms with Gasteiger partial charge in [-0.3, -0.25) is 4.79 Å². The number of halogens is 1. The first-order valence-electron chi connectivity index (χ1n) is 7.35. The highest BCUT2D eigenvalue weighted by Crippen LogP contribution is 2.21. The Kier molecular flexibility index (Phi) is 5.36. The van der Waals surface area contributed by atoms with Crippen LogP contribution >= 0.6 is 22.6 Å². The molecule has 0 aliphatic rings. The Morgan fingerprint density at radius 3 is 2.92 bits per heavy atom. The zero-order valence-corrected chi connectivity index (χ0v) is 15.2. The zero-order valence-electron chi connectivity index (χ0n) is 13.0. The van der Waals surface area contributed by atoms with Crippen LogP contribution in [0.5, 0.6) is 5.75 Å². The second kappa shape index (κ2) is 7.85. The van der Waals surface area contributed by atoms with Gasteiger partial charge >= 0.3 is 5.91 Å². The van der Waals surface area contributed by atoms with Gasteiger partial charge in [0.15, 0.2) is 5.76 Å².